The summed E-state index contributed by atoms with van der Waals surface area (Å²) in [7, 11) is 0. The van der Waals surface area contributed by atoms with E-state index >= 15 is 0 Å². The SMILES string of the molecule is CC1CCC(NC(=O)C2(C)Cc3ccccc3C(=O)N2CCc2ccc(Cl)cc2)CC1. The largest absolute Gasteiger partial charge is 0.351 e. The zero-order valence-corrected chi connectivity index (χ0v) is 19.1. The molecule has 2 amide bonds. The van der Waals surface area contributed by atoms with Crippen LogP contribution in [0.2, 0.25) is 5.02 Å². The van der Waals surface area contributed by atoms with Gasteiger partial charge in [0.2, 0.25) is 5.91 Å². The molecule has 164 valence electrons. The first-order valence-electron chi connectivity index (χ1n) is 11.3. The quantitative estimate of drug-likeness (QED) is 0.711. The Balaban J connectivity index is 1.57. The summed E-state index contributed by atoms with van der Waals surface area (Å²) in [6, 6.07) is 15.5. The maximum Gasteiger partial charge on any atom is 0.255 e. The van der Waals surface area contributed by atoms with E-state index in [1.54, 1.807) is 4.90 Å². The molecular weight excluding hydrogens is 408 g/mol. The second-order valence-corrected chi connectivity index (χ2v) is 9.81. The molecule has 2 aliphatic rings. The molecule has 1 aliphatic heterocycles. The molecule has 1 unspecified atom stereocenters. The summed E-state index contributed by atoms with van der Waals surface area (Å²) in [6.07, 6.45) is 5.52. The second kappa shape index (κ2) is 9.04. The van der Waals surface area contributed by atoms with E-state index < -0.39 is 5.54 Å². The van der Waals surface area contributed by atoms with Crippen molar-refractivity contribution in [2.24, 2.45) is 5.92 Å². The molecule has 2 aromatic carbocycles. The number of halogens is 1. The first-order chi connectivity index (χ1) is 14.9. The van der Waals surface area contributed by atoms with Crippen molar-refractivity contribution < 1.29 is 9.59 Å². The lowest BCUT2D eigenvalue weighted by Crippen LogP contribution is -2.64. The van der Waals surface area contributed by atoms with Crippen LogP contribution in [0.5, 0.6) is 0 Å². The van der Waals surface area contributed by atoms with Crippen molar-refractivity contribution in [2.75, 3.05) is 6.54 Å². The lowest BCUT2D eigenvalue weighted by molar-refractivity contribution is -0.132. The van der Waals surface area contributed by atoms with Crippen molar-refractivity contribution in [2.45, 2.75) is 64.0 Å². The molecule has 0 bridgehead atoms. The third-order valence-corrected chi connectivity index (χ3v) is 7.25. The number of amides is 2. The number of fused-ring (bicyclic) bond motifs is 1. The molecule has 2 aromatic rings. The Bertz CT molecular complexity index is 950. The molecular formula is C26H31ClN2O2. The van der Waals surface area contributed by atoms with Crippen LogP contribution in [-0.2, 0) is 17.6 Å². The molecule has 1 saturated carbocycles. The third-order valence-electron chi connectivity index (χ3n) is 7.00. The Morgan fingerprint density at radius 2 is 1.77 bits per heavy atom. The van der Waals surface area contributed by atoms with Crippen LogP contribution in [0.3, 0.4) is 0 Å². The van der Waals surface area contributed by atoms with Gasteiger partial charge in [-0.05, 0) is 74.3 Å². The zero-order valence-electron chi connectivity index (χ0n) is 18.4. The van der Waals surface area contributed by atoms with E-state index in [2.05, 4.69) is 12.2 Å². The van der Waals surface area contributed by atoms with Crippen LogP contribution < -0.4 is 5.32 Å². The molecule has 1 atom stereocenters. The summed E-state index contributed by atoms with van der Waals surface area (Å²) in [5, 5.41) is 3.98. The van der Waals surface area contributed by atoms with Gasteiger partial charge in [0.1, 0.15) is 5.54 Å². The number of nitrogens with zero attached hydrogens (tertiary/aromatic N) is 1. The van der Waals surface area contributed by atoms with Gasteiger partial charge >= 0.3 is 0 Å². The Kier molecular flexibility index (Phi) is 6.38. The van der Waals surface area contributed by atoms with Gasteiger partial charge in [-0.1, -0.05) is 48.9 Å². The van der Waals surface area contributed by atoms with Gasteiger partial charge < -0.3 is 10.2 Å². The third kappa shape index (κ3) is 4.64. The predicted octanol–water partition coefficient (Wildman–Crippen LogP) is 5.03. The molecule has 0 saturated heterocycles. The van der Waals surface area contributed by atoms with Crippen LogP contribution >= 0.6 is 11.6 Å². The highest BCUT2D eigenvalue weighted by atomic mass is 35.5. The zero-order chi connectivity index (χ0) is 22.0. The normalized spacial score (nSPS) is 25.8. The van der Waals surface area contributed by atoms with Gasteiger partial charge in [-0.25, -0.2) is 0 Å². The Morgan fingerprint density at radius 1 is 1.10 bits per heavy atom. The molecule has 0 aromatic heterocycles. The molecule has 5 heteroatoms. The number of benzene rings is 2. The lowest BCUT2D eigenvalue weighted by atomic mass is 9.81. The van der Waals surface area contributed by atoms with E-state index in [-0.39, 0.29) is 17.9 Å². The first-order valence-corrected chi connectivity index (χ1v) is 11.7. The summed E-state index contributed by atoms with van der Waals surface area (Å²) >= 11 is 6.01. The van der Waals surface area contributed by atoms with Gasteiger partial charge in [-0.3, -0.25) is 9.59 Å². The van der Waals surface area contributed by atoms with Crippen molar-refractivity contribution in [1.29, 1.82) is 0 Å². The molecule has 4 rings (SSSR count). The van der Waals surface area contributed by atoms with E-state index in [1.165, 1.54) is 0 Å². The average molecular weight is 439 g/mol. The Hall–Kier alpha value is -2.33. The van der Waals surface area contributed by atoms with Crippen molar-refractivity contribution in [3.05, 3.63) is 70.2 Å². The predicted molar refractivity (Wildman–Crippen MR) is 124 cm³/mol. The molecule has 1 aliphatic carbocycles. The smallest absolute Gasteiger partial charge is 0.255 e. The van der Waals surface area contributed by atoms with Crippen LogP contribution in [0.1, 0.15) is 61.0 Å². The number of hydrogen-bond donors (Lipinski definition) is 1. The Morgan fingerprint density at radius 3 is 2.48 bits per heavy atom. The fraction of sp³-hybridized carbons (Fsp3) is 0.462. The Labute approximate surface area is 190 Å². The van der Waals surface area contributed by atoms with Gasteiger partial charge in [0, 0.05) is 29.6 Å². The maximum atomic E-state index is 13.6. The van der Waals surface area contributed by atoms with E-state index in [4.69, 9.17) is 11.6 Å². The van der Waals surface area contributed by atoms with E-state index in [9.17, 15) is 9.59 Å². The fourth-order valence-corrected chi connectivity index (χ4v) is 5.03. The van der Waals surface area contributed by atoms with Crippen LogP contribution in [0.15, 0.2) is 48.5 Å². The second-order valence-electron chi connectivity index (χ2n) is 9.37. The van der Waals surface area contributed by atoms with Crippen molar-refractivity contribution in [3.8, 4) is 0 Å². The minimum absolute atomic E-state index is 0.0361. The first kappa shape index (κ1) is 21.9. The highest BCUT2D eigenvalue weighted by Gasteiger charge is 2.47. The minimum Gasteiger partial charge on any atom is -0.351 e. The number of hydrogen-bond acceptors (Lipinski definition) is 2. The number of carbonyl (C=O) groups excluding carboxylic acids is 2. The van der Waals surface area contributed by atoms with Gasteiger partial charge in [0.05, 0.1) is 0 Å². The van der Waals surface area contributed by atoms with Crippen molar-refractivity contribution >= 4 is 23.4 Å². The standard InChI is InChI=1S/C26H31ClN2O2/c1-18-7-13-22(14-8-18)28-25(31)26(2)17-20-5-3-4-6-23(20)24(30)29(26)16-15-19-9-11-21(27)12-10-19/h3-6,9-12,18,22H,7-8,13-17H2,1-2H3,(H,28,31). The minimum atomic E-state index is -0.902. The molecule has 1 N–H and O–H groups in total. The lowest BCUT2D eigenvalue weighted by Gasteiger charge is -2.45. The highest BCUT2D eigenvalue weighted by molar-refractivity contribution is 6.30. The average Bonchev–Trinajstić information content (AvgIpc) is 2.76. The summed E-state index contributed by atoms with van der Waals surface area (Å²) in [4.78, 5) is 28.8. The summed E-state index contributed by atoms with van der Waals surface area (Å²) in [6.45, 7) is 4.68. The van der Waals surface area contributed by atoms with Gasteiger partial charge in [-0.2, -0.15) is 0 Å². The van der Waals surface area contributed by atoms with Gasteiger partial charge in [0.15, 0.2) is 0 Å². The molecule has 0 spiro atoms. The van der Waals surface area contributed by atoms with Crippen molar-refractivity contribution in [3.63, 3.8) is 0 Å². The number of carbonyl (C=O) groups is 2. The van der Waals surface area contributed by atoms with Gasteiger partial charge in [0.25, 0.3) is 5.91 Å². The number of nitrogens with one attached hydrogen (secondary N) is 1. The fourth-order valence-electron chi connectivity index (χ4n) is 4.91. The van der Waals surface area contributed by atoms with Crippen LogP contribution in [0, 0.1) is 5.92 Å². The topological polar surface area (TPSA) is 49.4 Å². The highest BCUT2D eigenvalue weighted by Crippen LogP contribution is 2.32. The monoisotopic (exact) mass is 438 g/mol. The van der Waals surface area contributed by atoms with E-state index in [0.29, 0.717) is 30.0 Å². The summed E-state index contributed by atoms with van der Waals surface area (Å²) < 4.78 is 0. The maximum absolute atomic E-state index is 13.6. The van der Waals surface area contributed by atoms with Gasteiger partial charge in [-0.15, -0.1) is 0 Å². The van der Waals surface area contributed by atoms with Crippen molar-refractivity contribution in [1.82, 2.24) is 10.2 Å². The molecule has 1 fully saturated rings. The molecule has 31 heavy (non-hydrogen) atoms. The van der Waals surface area contributed by atoms with E-state index in [0.717, 1.165) is 42.7 Å². The van der Waals surface area contributed by atoms with Crippen LogP contribution in [0.4, 0.5) is 0 Å². The van der Waals surface area contributed by atoms with Crippen LogP contribution in [0.25, 0.3) is 0 Å². The van der Waals surface area contributed by atoms with Crippen LogP contribution in [-0.4, -0.2) is 34.8 Å². The molecule has 1 heterocycles. The molecule has 0 radical (unpaired) electrons. The summed E-state index contributed by atoms with van der Waals surface area (Å²) in [5.41, 5.74) is 1.85. The van der Waals surface area contributed by atoms with E-state index in [1.807, 2.05) is 55.5 Å². The summed E-state index contributed by atoms with van der Waals surface area (Å²) in [5.74, 6) is 0.625. The number of rotatable bonds is 5. The molecule has 4 nitrogen and oxygen atoms in total.